The van der Waals surface area contributed by atoms with Gasteiger partial charge in [0.05, 0.1) is 11.0 Å². The number of rotatable bonds is 10. The molecule has 0 saturated carbocycles. The summed E-state index contributed by atoms with van der Waals surface area (Å²) >= 11 is 0. The van der Waals surface area contributed by atoms with E-state index in [0.29, 0.717) is 5.92 Å². The molecule has 2 nitrogen and oxygen atoms in total. The van der Waals surface area contributed by atoms with Gasteiger partial charge >= 0.3 is 0 Å². The summed E-state index contributed by atoms with van der Waals surface area (Å²) in [7, 11) is 0. The van der Waals surface area contributed by atoms with Gasteiger partial charge < -0.3 is 9.47 Å². The van der Waals surface area contributed by atoms with E-state index in [9.17, 15) is 0 Å². The van der Waals surface area contributed by atoms with E-state index >= 15 is 0 Å². The molecule has 0 radical (unpaired) electrons. The third-order valence-electron chi connectivity index (χ3n) is 13.2. The Morgan fingerprint density at radius 1 is 0.364 bits per heavy atom. The largest absolute Gasteiger partial charge is 0.311 e. The van der Waals surface area contributed by atoms with E-state index < -0.39 is 0 Å². The average molecular weight is 855 g/mol. The van der Waals surface area contributed by atoms with E-state index in [1.807, 2.05) is 0 Å². The first-order valence-electron chi connectivity index (χ1n) is 23.4. The molecule has 10 aromatic rings. The first kappa shape index (κ1) is 42.5. The molecule has 1 heterocycles. The maximum absolute atomic E-state index is 2.41. The minimum Gasteiger partial charge on any atom is -0.311 e. The molecule has 0 N–H and O–H groups in total. The standard InChI is InChI=1S/C64H58N2/c1-63(2,3)44-60(64(4,5)6)51-24-22-49(23-25-51)52-32-40-61-58(42-52)59-43-53(33-41-62(59)66(61)54-20-14-9-15-21-54)50-30-38-57(39-31-50)65(55-34-26-47(27-35-55)45-16-10-7-11-17-45)56-36-28-48(29-37-56)46-18-12-8-13-19-46/h7-43,60H,44H2,1-6H3. The van der Waals surface area contributed by atoms with Gasteiger partial charge in [0.2, 0.25) is 0 Å². The van der Waals surface area contributed by atoms with Crippen LogP contribution in [0, 0.1) is 10.8 Å². The van der Waals surface area contributed by atoms with E-state index in [-0.39, 0.29) is 10.8 Å². The van der Waals surface area contributed by atoms with Crippen molar-refractivity contribution >= 4 is 38.9 Å². The molecule has 324 valence electrons. The van der Waals surface area contributed by atoms with Crippen LogP contribution < -0.4 is 4.90 Å². The minimum atomic E-state index is 0.175. The minimum absolute atomic E-state index is 0.175. The van der Waals surface area contributed by atoms with Crippen molar-refractivity contribution in [2.75, 3.05) is 4.90 Å². The summed E-state index contributed by atoms with van der Waals surface area (Å²) in [5, 5.41) is 2.49. The van der Waals surface area contributed by atoms with Crippen molar-refractivity contribution in [2.45, 2.75) is 53.9 Å². The second kappa shape index (κ2) is 17.5. The topological polar surface area (TPSA) is 8.17 Å². The van der Waals surface area contributed by atoms with Gasteiger partial charge in [-0.1, -0.05) is 193 Å². The summed E-state index contributed by atoms with van der Waals surface area (Å²) in [6, 6.07) is 82.2. The van der Waals surface area contributed by atoms with Gasteiger partial charge in [-0.05, 0) is 146 Å². The molecule has 9 aromatic carbocycles. The Bertz CT molecular complexity index is 3140. The van der Waals surface area contributed by atoms with Crippen molar-refractivity contribution in [1.82, 2.24) is 4.57 Å². The van der Waals surface area contributed by atoms with Crippen LogP contribution in [-0.2, 0) is 0 Å². The van der Waals surface area contributed by atoms with E-state index in [2.05, 4.69) is 275 Å². The molecule has 0 amide bonds. The molecular weight excluding hydrogens is 797 g/mol. The van der Waals surface area contributed by atoms with Gasteiger partial charge in [-0.2, -0.15) is 0 Å². The summed E-state index contributed by atoms with van der Waals surface area (Å²) in [5.41, 5.74) is 18.4. The second-order valence-corrected chi connectivity index (χ2v) is 20.1. The highest BCUT2D eigenvalue weighted by atomic mass is 15.1. The fraction of sp³-hybridized carbons (Fsp3) is 0.156. The molecule has 0 aliphatic carbocycles. The number of anilines is 3. The van der Waals surface area contributed by atoms with Gasteiger partial charge in [0.15, 0.2) is 0 Å². The van der Waals surface area contributed by atoms with Gasteiger partial charge in [-0.3, -0.25) is 0 Å². The Morgan fingerprint density at radius 2 is 0.697 bits per heavy atom. The Balaban J connectivity index is 1.03. The van der Waals surface area contributed by atoms with E-state index in [0.717, 1.165) is 29.2 Å². The number of benzene rings is 9. The zero-order valence-electron chi connectivity index (χ0n) is 39.0. The predicted octanol–water partition coefficient (Wildman–Crippen LogP) is 18.5. The average Bonchev–Trinajstić information content (AvgIpc) is 3.67. The summed E-state index contributed by atoms with van der Waals surface area (Å²) in [6.45, 7) is 14.2. The lowest BCUT2D eigenvalue weighted by Gasteiger charge is -2.36. The maximum Gasteiger partial charge on any atom is 0.0541 e. The molecule has 0 aliphatic rings. The molecule has 0 saturated heterocycles. The molecular formula is C64H58N2. The molecule has 0 aliphatic heterocycles. The molecule has 0 spiro atoms. The maximum atomic E-state index is 2.41. The molecule has 66 heavy (non-hydrogen) atoms. The zero-order valence-corrected chi connectivity index (χ0v) is 39.0. The quantitative estimate of drug-likeness (QED) is 0.133. The van der Waals surface area contributed by atoms with Crippen LogP contribution in [0.5, 0.6) is 0 Å². The highest BCUT2D eigenvalue weighted by Gasteiger charge is 2.30. The van der Waals surface area contributed by atoms with Crippen LogP contribution in [0.25, 0.3) is 72.0 Å². The number of para-hydroxylation sites is 1. The molecule has 2 heteroatoms. The Kier molecular flexibility index (Phi) is 11.3. The van der Waals surface area contributed by atoms with Crippen LogP contribution in [0.15, 0.2) is 224 Å². The van der Waals surface area contributed by atoms with E-state index in [1.54, 1.807) is 0 Å². The third-order valence-corrected chi connectivity index (χ3v) is 13.2. The Morgan fingerprint density at radius 3 is 1.08 bits per heavy atom. The monoisotopic (exact) mass is 854 g/mol. The van der Waals surface area contributed by atoms with Crippen LogP contribution in [0.3, 0.4) is 0 Å². The van der Waals surface area contributed by atoms with Gasteiger partial charge in [0, 0.05) is 33.5 Å². The Hall–Kier alpha value is -7.42. The van der Waals surface area contributed by atoms with Crippen molar-refractivity contribution in [2.24, 2.45) is 10.8 Å². The number of nitrogens with zero attached hydrogens (tertiary/aromatic N) is 2. The van der Waals surface area contributed by atoms with Crippen molar-refractivity contribution in [3.63, 3.8) is 0 Å². The van der Waals surface area contributed by atoms with Crippen molar-refractivity contribution in [3.05, 3.63) is 230 Å². The lowest BCUT2D eigenvalue weighted by atomic mass is 9.69. The van der Waals surface area contributed by atoms with E-state index in [4.69, 9.17) is 0 Å². The first-order valence-corrected chi connectivity index (χ1v) is 23.4. The van der Waals surface area contributed by atoms with Crippen LogP contribution >= 0.6 is 0 Å². The van der Waals surface area contributed by atoms with Crippen molar-refractivity contribution in [1.29, 1.82) is 0 Å². The SMILES string of the molecule is CC(C)(C)CC(c1ccc(-c2ccc3c(c2)c2cc(-c4ccc(N(c5ccc(-c6ccccc6)cc5)c5ccc(-c6ccccc6)cc5)cc4)ccc2n3-c2ccccc2)cc1)C(C)(C)C. The van der Waals surface area contributed by atoms with Gasteiger partial charge in [-0.25, -0.2) is 0 Å². The van der Waals surface area contributed by atoms with Crippen LogP contribution in [0.2, 0.25) is 0 Å². The fourth-order valence-corrected chi connectivity index (χ4v) is 9.80. The summed E-state index contributed by atoms with van der Waals surface area (Å²) in [5.74, 6) is 0.478. The molecule has 0 bridgehead atoms. The van der Waals surface area contributed by atoms with Gasteiger partial charge in [0.1, 0.15) is 0 Å². The highest BCUT2D eigenvalue weighted by molar-refractivity contribution is 6.11. The predicted molar refractivity (Wildman–Crippen MR) is 283 cm³/mol. The summed E-state index contributed by atoms with van der Waals surface area (Å²) in [4.78, 5) is 2.35. The lowest BCUT2D eigenvalue weighted by Crippen LogP contribution is -2.23. The highest BCUT2D eigenvalue weighted by Crippen LogP contribution is 2.44. The smallest absolute Gasteiger partial charge is 0.0541 e. The first-order chi connectivity index (χ1) is 32.0. The molecule has 1 unspecified atom stereocenters. The van der Waals surface area contributed by atoms with Crippen LogP contribution in [0.1, 0.15) is 59.4 Å². The summed E-state index contributed by atoms with van der Waals surface area (Å²) in [6.07, 6.45) is 1.15. The molecule has 10 rings (SSSR count). The van der Waals surface area contributed by atoms with Crippen molar-refractivity contribution in [3.8, 4) is 50.2 Å². The number of hydrogen-bond acceptors (Lipinski definition) is 1. The normalized spacial score (nSPS) is 12.4. The van der Waals surface area contributed by atoms with E-state index in [1.165, 1.54) is 71.9 Å². The number of hydrogen-bond donors (Lipinski definition) is 0. The zero-order chi connectivity index (χ0) is 45.4. The second-order valence-electron chi connectivity index (χ2n) is 20.1. The molecule has 1 atom stereocenters. The van der Waals surface area contributed by atoms with Crippen LogP contribution in [0.4, 0.5) is 17.1 Å². The van der Waals surface area contributed by atoms with Crippen LogP contribution in [-0.4, -0.2) is 4.57 Å². The lowest BCUT2D eigenvalue weighted by molar-refractivity contribution is 0.229. The number of fused-ring (bicyclic) bond motifs is 3. The molecule has 0 fully saturated rings. The fourth-order valence-electron chi connectivity index (χ4n) is 9.80. The van der Waals surface area contributed by atoms with Crippen molar-refractivity contribution < 1.29 is 0 Å². The third kappa shape index (κ3) is 8.72. The number of aromatic nitrogens is 1. The van der Waals surface area contributed by atoms with Gasteiger partial charge in [0.25, 0.3) is 0 Å². The van der Waals surface area contributed by atoms with Gasteiger partial charge in [-0.15, -0.1) is 0 Å². The molecule has 1 aromatic heterocycles. The Labute approximate surface area is 391 Å². The summed E-state index contributed by atoms with van der Waals surface area (Å²) < 4.78 is 2.41.